The van der Waals surface area contributed by atoms with Crippen LogP contribution in [-0.2, 0) is 9.59 Å². The Bertz CT molecular complexity index is 1110. The summed E-state index contributed by atoms with van der Waals surface area (Å²) in [5.74, 6) is -0.0510. The second kappa shape index (κ2) is 24.4. The number of carbonyl (C=O) groups is 2. The largest absolute Gasteiger partial charge is 0.326 e. The van der Waals surface area contributed by atoms with Gasteiger partial charge < -0.3 is 10.6 Å². The van der Waals surface area contributed by atoms with Crippen molar-refractivity contribution in [1.82, 2.24) is 0 Å². The number of nitrogens with one attached hydrogen (secondary N) is 2. The Kier molecular flexibility index (Phi) is 20.6. The maximum atomic E-state index is 12.6. The first kappa shape index (κ1) is 37.2. The van der Waals surface area contributed by atoms with Gasteiger partial charge in [0.05, 0.1) is 5.69 Å². The monoisotopic (exact) mass is 604 g/mol. The van der Waals surface area contributed by atoms with Crippen LogP contribution in [0.15, 0.2) is 53.3 Å². The van der Waals surface area contributed by atoms with Gasteiger partial charge in [0.15, 0.2) is 0 Å². The van der Waals surface area contributed by atoms with E-state index in [1.165, 1.54) is 109 Å². The van der Waals surface area contributed by atoms with Crippen LogP contribution >= 0.6 is 0 Å². The number of hydrogen-bond donors (Lipinski definition) is 2. The van der Waals surface area contributed by atoms with Crippen molar-refractivity contribution in [3.8, 4) is 11.1 Å². The van der Waals surface area contributed by atoms with Crippen LogP contribution in [0.25, 0.3) is 11.1 Å². The molecule has 0 fully saturated rings. The number of unbranched alkanes of at least 4 members (excludes halogenated alkanes) is 18. The van der Waals surface area contributed by atoms with Crippen molar-refractivity contribution in [3.63, 3.8) is 0 Å². The minimum atomic E-state index is -0.205. The van der Waals surface area contributed by atoms with Crippen LogP contribution in [0.2, 0.25) is 0 Å². The van der Waals surface area contributed by atoms with Gasteiger partial charge >= 0.3 is 0 Å². The Balaban J connectivity index is 1.68. The van der Waals surface area contributed by atoms with E-state index >= 15 is 0 Å². The van der Waals surface area contributed by atoms with Gasteiger partial charge in [0.25, 0.3) is 0 Å². The van der Waals surface area contributed by atoms with E-state index in [0.717, 1.165) is 42.5 Å². The highest BCUT2D eigenvalue weighted by Crippen LogP contribution is 2.22. The molecule has 0 saturated carbocycles. The van der Waals surface area contributed by atoms with E-state index < -0.39 is 0 Å². The first-order valence-corrected chi connectivity index (χ1v) is 17.9. The summed E-state index contributed by atoms with van der Waals surface area (Å²) in [7, 11) is 0. The molecule has 44 heavy (non-hydrogen) atoms. The molecule has 0 bridgehead atoms. The predicted molar refractivity (Wildman–Crippen MR) is 188 cm³/mol. The van der Waals surface area contributed by atoms with E-state index in [2.05, 4.69) is 24.5 Å². The van der Waals surface area contributed by atoms with Gasteiger partial charge in [0, 0.05) is 18.5 Å². The molecule has 0 saturated heterocycles. The SMILES string of the molecule is CCCCCCCCCCCCC(=O)Nc1ccc(-c2ccc(NC(=O)CCCCCCCCCCCC)c(=O)cc2)cc1. The number of amides is 2. The molecule has 2 N–H and O–H groups in total. The van der Waals surface area contributed by atoms with Crippen LogP contribution in [0.5, 0.6) is 0 Å². The fraction of sp³-hybridized carbons (Fsp3) is 0.615. The molecule has 2 aromatic rings. The number of rotatable bonds is 25. The predicted octanol–water partition coefficient (Wildman–Crippen LogP) is 11.2. The average molecular weight is 605 g/mol. The maximum absolute atomic E-state index is 12.6. The molecule has 0 aliphatic rings. The van der Waals surface area contributed by atoms with Gasteiger partial charge in [-0.25, -0.2) is 0 Å². The van der Waals surface area contributed by atoms with Crippen LogP contribution in [0.3, 0.4) is 0 Å². The van der Waals surface area contributed by atoms with Crippen molar-refractivity contribution < 1.29 is 9.59 Å². The summed E-state index contributed by atoms with van der Waals surface area (Å²) in [4.78, 5) is 37.5. The molecule has 0 aliphatic heterocycles. The van der Waals surface area contributed by atoms with Gasteiger partial charge in [-0.15, -0.1) is 0 Å². The molecule has 0 aromatic heterocycles. The summed E-state index contributed by atoms with van der Waals surface area (Å²) in [5.41, 5.74) is 2.69. The molecule has 2 amide bonds. The highest BCUT2D eigenvalue weighted by molar-refractivity contribution is 5.91. The standard InChI is InChI=1S/C39H60N2O3/c1-3-5-7-9-11-13-15-17-19-21-23-38(43)40-35-29-25-33(26-30-35)34-27-31-36(37(42)32-28-34)41-39(44)24-22-20-18-16-14-12-10-8-6-4-2/h25-32H,3-24H2,1-2H3,(H,40,43)(H,41,42,44). The highest BCUT2D eigenvalue weighted by Gasteiger charge is 2.07. The summed E-state index contributed by atoms with van der Waals surface area (Å²) in [5, 5.41) is 5.81. The summed E-state index contributed by atoms with van der Waals surface area (Å²) in [6.45, 7) is 4.49. The number of hydrogen-bond acceptors (Lipinski definition) is 3. The summed E-state index contributed by atoms with van der Waals surface area (Å²) >= 11 is 0. The molecule has 5 heteroatoms. The van der Waals surface area contributed by atoms with Crippen LogP contribution in [0.1, 0.15) is 155 Å². The minimum Gasteiger partial charge on any atom is -0.326 e. The Morgan fingerprint density at radius 3 is 1.27 bits per heavy atom. The number of carbonyl (C=O) groups excluding carboxylic acids is 2. The Morgan fingerprint density at radius 1 is 0.455 bits per heavy atom. The van der Waals surface area contributed by atoms with E-state index in [0.29, 0.717) is 18.5 Å². The minimum absolute atomic E-state index is 0.0533. The zero-order chi connectivity index (χ0) is 31.7. The third-order valence-corrected chi connectivity index (χ3v) is 8.40. The van der Waals surface area contributed by atoms with Crippen LogP contribution in [0, 0.1) is 0 Å². The van der Waals surface area contributed by atoms with Crippen molar-refractivity contribution in [2.75, 3.05) is 10.6 Å². The Labute approximate surface area is 268 Å². The average Bonchev–Trinajstić information content (AvgIpc) is 3.20. The number of benzene rings is 1. The van der Waals surface area contributed by atoms with E-state index in [1.54, 1.807) is 12.1 Å². The Hall–Kier alpha value is -2.95. The smallest absolute Gasteiger partial charge is 0.224 e. The van der Waals surface area contributed by atoms with Crippen LogP contribution in [0.4, 0.5) is 11.4 Å². The first-order valence-electron chi connectivity index (χ1n) is 17.9. The lowest BCUT2D eigenvalue weighted by atomic mass is 10.1. The molecular weight excluding hydrogens is 544 g/mol. The van der Waals surface area contributed by atoms with Crippen molar-refractivity contribution in [2.45, 2.75) is 155 Å². The quantitative estimate of drug-likeness (QED) is 0.111. The molecule has 0 aliphatic carbocycles. The summed E-state index contributed by atoms with van der Waals surface area (Å²) < 4.78 is 0. The molecule has 244 valence electrons. The molecule has 5 nitrogen and oxygen atoms in total. The van der Waals surface area contributed by atoms with Crippen molar-refractivity contribution in [3.05, 3.63) is 58.8 Å². The lowest BCUT2D eigenvalue weighted by Crippen LogP contribution is -2.16. The van der Waals surface area contributed by atoms with Gasteiger partial charge in [-0.05, 0) is 48.2 Å². The molecule has 0 heterocycles. The van der Waals surface area contributed by atoms with Crippen LogP contribution < -0.4 is 16.1 Å². The summed E-state index contributed by atoms with van der Waals surface area (Å²) in [6, 6.07) is 14.5. The highest BCUT2D eigenvalue weighted by atomic mass is 16.2. The second-order valence-electron chi connectivity index (χ2n) is 12.4. The Morgan fingerprint density at radius 2 is 0.818 bits per heavy atom. The van der Waals surface area contributed by atoms with Gasteiger partial charge in [-0.3, -0.25) is 14.4 Å². The van der Waals surface area contributed by atoms with E-state index in [9.17, 15) is 14.4 Å². The van der Waals surface area contributed by atoms with Gasteiger partial charge in [0.2, 0.25) is 17.2 Å². The molecule has 2 rings (SSSR count). The molecule has 0 unspecified atom stereocenters. The van der Waals surface area contributed by atoms with Gasteiger partial charge in [0.1, 0.15) is 0 Å². The zero-order valence-electron chi connectivity index (χ0n) is 27.9. The second-order valence-corrected chi connectivity index (χ2v) is 12.4. The van der Waals surface area contributed by atoms with Crippen molar-refractivity contribution >= 4 is 23.2 Å². The first-order chi connectivity index (χ1) is 21.5. The maximum Gasteiger partial charge on any atom is 0.224 e. The van der Waals surface area contributed by atoms with Crippen LogP contribution in [-0.4, -0.2) is 11.8 Å². The third kappa shape index (κ3) is 17.4. The van der Waals surface area contributed by atoms with E-state index in [4.69, 9.17) is 0 Å². The normalized spacial score (nSPS) is 11.0. The van der Waals surface area contributed by atoms with E-state index in [-0.39, 0.29) is 17.2 Å². The molecule has 0 spiro atoms. The molecule has 0 atom stereocenters. The molecular formula is C39H60N2O3. The zero-order valence-corrected chi connectivity index (χ0v) is 27.9. The molecule has 2 aromatic carbocycles. The lowest BCUT2D eigenvalue weighted by molar-refractivity contribution is -0.117. The lowest BCUT2D eigenvalue weighted by Gasteiger charge is -2.07. The van der Waals surface area contributed by atoms with Crippen molar-refractivity contribution in [1.29, 1.82) is 0 Å². The fourth-order valence-corrected chi connectivity index (χ4v) is 5.59. The van der Waals surface area contributed by atoms with E-state index in [1.807, 2.05) is 30.3 Å². The number of anilines is 2. The topological polar surface area (TPSA) is 75.3 Å². The van der Waals surface area contributed by atoms with Crippen molar-refractivity contribution in [2.24, 2.45) is 0 Å². The molecule has 0 radical (unpaired) electrons. The summed E-state index contributed by atoms with van der Waals surface area (Å²) in [6.07, 6.45) is 25.8. The van der Waals surface area contributed by atoms with Gasteiger partial charge in [-0.1, -0.05) is 154 Å². The fourth-order valence-electron chi connectivity index (χ4n) is 5.59. The van der Waals surface area contributed by atoms with Gasteiger partial charge in [-0.2, -0.15) is 0 Å². The third-order valence-electron chi connectivity index (χ3n) is 8.40.